The van der Waals surface area contributed by atoms with Gasteiger partial charge in [-0.3, -0.25) is 29.4 Å². The second kappa shape index (κ2) is 9.13. The molecule has 1 N–H and O–H groups in total. The lowest BCUT2D eigenvalue weighted by Gasteiger charge is -2.13. The van der Waals surface area contributed by atoms with E-state index in [4.69, 9.17) is 0 Å². The number of imide groups is 1. The van der Waals surface area contributed by atoms with E-state index in [2.05, 4.69) is 5.32 Å². The molecule has 0 radical (unpaired) electrons. The number of anilines is 1. The molecule has 33 heavy (non-hydrogen) atoms. The fraction of sp³-hybridized carbons (Fsp3) is 0.0870. The number of nitro benzene ring substituents is 1. The Bertz CT molecular complexity index is 1310. The number of rotatable bonds is 6. The molecule has 10 heteroatoms. The van der Waals surface area contributed by atoms with Crippen molar-refractivity contribution in [2.45, 2.75) is 6.92 Å². The Morgan fingerprint density at radius 3 is 2.67 bits per heavy atom. The Morgan fingerprint density at radius 1 is 1.12 bits per heavy atom. The number of carbonyl (C=O) groups is 3. The van der Waals surface area contributed by atoms with Gasteiger partial charge in [0.25, 0.3) is 16.8 Å². The summed E-state index contributed by atoms with van der Waals surface area (Å²) in [6.07, 6.45) is 3.23. The maximum absolute atomic E-state index is 12.8. The molecular formula is C23H18N4O5S. The quantitative estimate of drug-likeness (QED) is 0.331. The van der Waals surface area contributed by atoms with E-state index in [1.807, 2.05) is 19.1 Å². The Labute approximate surface area is 192 Å². The lowest BCUT2D eigenvalue weighted by molar-refractivity contribution is -0.384. The van der Waals surface area contributed by atoms with E-state index in [0.717, 1.165) is 22.2 Å². The van der Waals surface area contributed by atoms with E-state index in [1.54, 1.807) is 47.2 Å². The number of nitrogens with one attached hydrogen (secondary N) is 1. The van der Waals surface area contributed by atoms with Crippen LogP contribution in [0.3, 0.4) is 0 Å². The number of nitrogens with zero attached hydrogens (tertiary/aromatic N) is 3. The average molecular weight is 462 g/mol. The second-order valence-corrected chi connectivity index (χ2v) is 8.20. The molecule has 1 saturated heterocycles. The van der Waals surface area contributed by atoms with Gasteiger partial charge in [0.2, 0.25) is 5.91 Å². The monoisotopic (exact) mass is 462 g/mol. The van der Waals surface area contributed by atoms with Crippen molar-refractivity contribution >= 4 is 46.3 Å². The Kier molecular flexibility index (Phi) is 6.09. The van der Waals surface area contributed by atoms with Crippen LogP contribution in [0.1, 0.15) is 11.3 Å². The fourth-order valence-corrected chi connectivity index (χ4v) is 4.14. The number of hydrogen-bond donors (Lipinski definition) is 1. The smallest absolute Gasteiger partial charge is 0.294 e. The number of carbonyl (C=O) groups excluding carboxylic acids is 3. The number of nitro groups is 1. The molecule has 1 fully saturated rings. The van der Waals surface area contributed by atoms with Crippen molar-refractivity contribution in [1.82, 2.24) is 9.47 Å². The number of aryl methyl sites for hydroxylation is 1. The van der Waals surface area contributed by atoms with Gasteiger partial charge in [0, 0.05) is 29.7 Å². The third-order valence-corrected chi connectivity index (χ3v) is 5.88. The molecule has 3 aromatic rings. The zero-order valence-corrected chi connectivity index (χ0v) is 18.2. The molecule has 166 valence electrons. The molecule has 1 aliphatic heterocycles. The zero-order valence-electron chi connectivity index (χ0n) is 17.4. The average Bonchev–Trinajstić information content (AvgIpc) is 3.35. The van der Waals surface area contributed by atoms with Gasteiger partial charge in [-0.2, -0.15) is 0 Å². The molecule has 2 aromatic carbocycles. The van der Waals surface area contributed by atoms with E-state index in [-0.39, 0.29) is 10.6 Å². The normalized spacial score (nSPS) is 14.7. The van der Waals surface area contributed by atoms with Gasteiger partial charge in [0.15, 0.2) is 0 Å². The van der Waals surface area contributed by atoms with Crippen LogP contribution in [0.15, 0.2) is 71.8 Å². The van der Waals surface area contributed by atoms with Gasteiger partial charge in [0.05, 0.1) is 15.5 Å². The molecule has 0 saturated carbocycles. The second-order valence-electron chi connectivity index (χ2n) is 7.21. The maximum atomic E-state index is 12.8. The van der Waals surface area contributed by atoms with Crippen LogP contribution in [0.4, 0.5) is 16.2 Å². The zero-order chi connectivity index (χ0) is 23.5. The summed E-state index contributed by atoms with van der Waals surface area (Å²) in [6.45, 7) is 1.44. The first kappa shape index (κ1) is 22.0. The van der Waals surface area contributed by atoms with Crippen LogP contribution in [0.2, 0.25) is 0 Å². The van der Waals surface area contributed by atoms with Crippen LogP contribution in [-0.2, 0) is 9.59 Å². The standard InChI is InChI=1S/C23H18N4O5S/c1-15-6-2-3-10-19(15)24-21(28)14-26-22(29)20(33-23(26)30)13-17-9-5-11-25(17)16-7-4-8-18(12-16)27(31)32/h2-13H,14H2,1H3,(H,24,28)/b20-13-. The first-order valence-corrected chi connectivity index (χ1v) is 10.7. The molecule has 3 amide bonds. The van der Waals surface area contributed by atoms with Crippen molar-refractivity contribution in [3.05, 3.63) is 93.1 Å². The molecule has 0 aliphatic carbocycles. The van der Waals surface area contributed by atoms with Crippen molar-refractivity contribution in [2.75, 3.05) is 11.9 Å². The first-order valence-electron chi connectivity index (χ1n) is 9.86. The highest BCUT2D eigenvalue weighted by molar-refractivity contribution is 8.18. The summed E-state index contributed by atoms with van der Waals surface area (Å²) < 4.78 is 1.67. The lowest BCUT2D eigenvalue weighted by atomic mass is 10.2. The van der Waals surface area contributed by atoms with E-state index in [0.29, 0.717) is 17.1 Å². The predicted octanol–water partition coefficient (Wildman–Crippen LogP) is 4.37. The van der Waals surface area contributed by atoms with Gasteiger partial charge >= 0.3 is 0 Å². The highest BCUT2D eigenvalue weighted by Crippen LogP contribution is 2.33. The van der Waals surface area contributed by atoms with Crippen LogP contribution < -0.4 is 5.32 Å². The number of aromatic nitrogens is 1. The summed E-state index contributed by atoms with van der Waals surface area (Å²) >= 11 is 0.740. The highest BCUT2D eigenvalue weighted by Gasteiger charge is 2.36. The first-order chi connectivity index (χ1) is 15.8. The topological polar surface area (TPSA) is 115 Å². The summed E-state index contributed by atoms with van der Waals surface area (Å²) in [7, 11) is 0. The van der Waals surface area contributed by atoms with Gasteiger partial charge in [0.1, 0.15) is 6.54 Å². The van der Waals surface area contributed by atoms with E-state index < -0.39 is 28.5 Å². The van der Waals surface area contributed by atoms with Crippen molar-refractivity contribution in [1.29, 1.82) is 0 Å². The Hall–Kier alpha value is -4.18. The van der Waals surface area contributed by atoms with Crippen molar-refractivity contribution in [3.63, 3.8) is 0 Å². The van der Waals surface area contributed by atoms with Crippen molar-refractivity contribution in [3.8, 4) is 5.69 Å². The predicted molar refractivity (Wildman–Crippen MR) is 125 cm³/mol. The summed E-state index contributed by atoms with van der Waals surface area (Å²) in [5.74, 6) is -1.05. The van der Waals surface area contributed by atoms with Crippen LogP contribution in [0, 0.1) is 17.0 Å². The number of benzene rings is 2. The third kappa shape index (κ3) is 4.70. The molecule has 1 aliphatic rings. The SMILES string of the molecule is Cc1ccccc1NC(=O)CN1C(=O)S/C(=C\c2cccn2-c2cccc([N+](=O)[O-])c2)C1=O. The van der Waals surface area contributed by atoms with Crippen molar-refractivity contribution < 1.29 is 19.3 Å². The van der Waals surface area contributed by atoms with Crippen molar-refractivity contribution in [2.24, 2.45) is 0 Å². The summed E-state index contributed by atoms with van der Waals surface area (Å²) in [6, 6.07) is 16.7. The number of non-ortho nitro benzene ring substituents is 1. The number of hydrogen-bond acceptors (Lipinski definition) is 6. The number of para-hydroxylation sites is 1. The molecule has 0 spiro atoms. The molecule has 9 nitrogen and oxygen atoms in total. The third-order valence-electron chi connectivity index (χ3n) is 4.97. The number of amides is 3. The minimum absolute atomic E-state index is 0.0628. The molecule has 0 bridgehead atoms. The minimum Gasteiger partial charge on any atom is -0.324 e. The minimum atomic E-state index is -0.572. The lowest BCUT2D eigenvalue weighted by Crippen LogP contribution is -2.36. The van der Waals surface area contributed by atoms with Crippen LogP contribution in [0.5, 0.6) is 0 Å². The van der Waals surface area contributed by atoms with Gasteiger partial charge < -0.3 is 9.88 Å². The van der Waals surface area contributed by atoms with Gasteiger partial charge in [-0.1, -0.05) is 24.3 Å². The van der Waals surface area contributed by atoms with Gasteiger partial charge in [-0.05, 0) is 54.6 Å². The number of thioether (sulfide) groups is 1. The summed E-state index contributed by atoms with van der Waals surface area (Å²) in [5.41, 5.74) is 2.51. The van der Waals surface area contributed by atoms with Crippen LogP contribution in [-0.4, -0.2) is 38.0 Å². The molecule has 1 aromatic heterocycles. The largest absolute Gasteiger partial charge is 0.324 e. The molecule has 0 atom stereocenters. The molecular weight excluding hydrogens is 444 g/mol. The molecule has 0 unspecified atom stereocenters. The van der Waals surface area contributed by atoms with E-state index in [1.165, 1.54) is 18.2 Å². The summed E-state index contributed by atoms with van der Waals surface area (Å²) in [4.78, 5) is 49.3. The Balaban J connectivity index is 1.53. The fourth-order valence-electron chi connectivity index (χ4n) is 3.32. The van der Waals surface area contributed by atoms with E-state index >= 15 is 0 Å². The maximum Gasteiger partial charge on any atom is 0.294 e. The summed E-state index contributed by atoms with van der Waals surface area (Å²) in [5, 5.41) is 13.3. The Morgan fingerprint density at radius 2 is 1.91 bits per heavy atom. The molecule has 4 rings (SSSR count). The van der Waals surface area contributed by atoms with Gasteiger partial charge in [-0.25, -0.2) is 0 Å². The van der Waals surface area contributed by atoms with Gasteiger partial charge in [-0.15, -0.1) is 0 Å². The van der Waals surface area contributed by atoms with E-state index in [9.17, 15) is 24.5 Å². The van der Waals surface area contributed by atoms with Crippen LogP contribution >= 0.6 is 11.8 Å². The highest BCUT2D eigenvalue weighted by atomic mass is 32.2. The molecule has 2 heterocycles. The van der Waals surface area contributed by atoms with Crippen LogP contribution in [0.25, 0.3) is 11.8 Å².